The number of carbonyl (C=O) groups excluding carboxylic acids is 1. The molecular formula is C20H22N4O3. The van der Waals surface area contributed by atoms with Crippen LogP contribution in [-0.2, 0) is 13.2 Å². The second-order valence-corrected chi connectivity index (χ2v) is 6.93. The zero-order valence-corrected chi connectivity index (χ0v) is 15.7. The lowest BCUT2D eigenvalue weighted by molar-refractivity contribution is 0.0675. The van der Waals surface area contributed by atoms with Crippen LogP contribution in [0.4, 0.5) is 0 Å². The van der Waals surface area contributed by atoms with E-state index in [2.05, 4.69) is 21.7 Å². The molecule has 0 fully saturated rings. The highest BCUT2D eigenvalue weighted by Gasteiger charge is 2.30. The second-order valence-electron chi connectivity index (χ2n) is 6.93. The van der Waals surface area contributed by atoms with E-state index in [0.29, 0.717) is 24.4 Å². The number of aryl methyl sites for hydroxylation is 2. The number of aromatic nitrogens is 3. The standard InChI is InChI=1S/C20H22N4O3/c1-13-4-6-16(7-5-13)27-12-18-17(8-9-26-18)20(25)23-10-14(2)24-15(3)21-22-19(24)11-23/h4-9,14H,10-12H2,1-3H3. The fourth-order valence-electron chi connectivity index (χ4n) is 3.48. The Labute approximate surface area is 157 Å². The molecule has 1 aliphatic heterocycles. The van der Waals surface area contributed by atoms with E-state index in [9.17, 15) is 4.79 Å². The number of furan rings is 1. The van der Waals surface area contributed by atoms with Crippen molar-refractivity contribution in [2.75, 3.05) is 6.54 Å². The van der Waals surface area contributed by atoms with E-state index < -0.39 is 0 Å². The van der Waals surface area contributed by atoms with Gasteiger partial charge < -0.3 is 18.6 Å². The van der Waals surface area contributed by atoms with Gasteiger partial charge in [-0.15, -0.1) is 10.2 Å². The largest absolute Gasteiger partial charge is 0.486 e. The van der Waals surface area contributed by atoms with Gasteiger partial charge >= 0.3 is 0 Å². The van der Waals surface area contributed by atoms with Crippen molar-refractivity contribution in [2.24, 2.45) is 0 Å². The number of amides is 1. The van der Waals surface area contributed by atoms with E-state index in [0.717, 1.165) is 17.4 Å². The highest BCUT2D eigenvalue weighted by Crippen LogP contribution is 2.24. The van der Waals surface area contributed by atoms with Gasteiger partial charge in [0.05, 0.1) is 24.4 Å². The lowest BCUT2D eigenvalue weighted by Crippen LogP contribution is -2.40. The lowest BCUT2D eigenvalue weighted by Gasteiger charge is -2.32. The molecule has 3 aromatic rings. The third kappa shape index (κ3) is 3.32. The Kier molecular flexibility index (Phi) is 4.43. The quantitative estimate of drug-likeness (QED) is 0.708. The molecule has 0 bridgehead atoms. The van der Waals surface area contributed by atoms with Crippen LogP contribution >= 0.6 is 0 Å². The normalized spacial score (nSPS) is 16.3. The fraction of sp³-hybridized carbons (Fsp3) is 0.350. The van der Waals surface area contributed by atoms with Crippen LogP contribution in [0, 0.1) is 13.8 Å². The van der Waals surface area contributed by atoms with Crippen molar-refractivity contribution in [1.29, 1.82) is 0 Å². The number of fused-ring (bicyclic) bond motifs is 1. The first-order valence-corrected chi connectivity index (χ1v) is 8.98. The molecule has 27 heavy (non-hydrogen) atoms. The van der Waals surface area contributed by atoms with E-state index >= 15 is 0 Å². The molecule has 3 heterocycles. The molecule has 1 aromatic carbocycles. The Bertz CT molecular complexity index is 958. The van der Waals surface area contributed by atoms with Gasteiger partial charge in [0.2, 0.25) is 0 Å². The number of carbonyl (C=O) groups is 1. The first-order valence-electron chi connectivity index (χ1n) is 8.98. The van der Waals surface area contributed by atoms with Gasteiger partial charge in [0.25, 0.3) is 5.91 Å². The van der Waals surface area contributed by atoms with Crippen LogP contribution in [0.25, 0.3) is 0 Å². The first kappa shape index (κ1) is 17.3. The van der Waals surface area contributed by atoms with Crippen molar-refractivity contribution < 1.29 is 13.9 Å². The number of benzene rings is 1. The maximum atomic E-state index is 13.1. The summed E-state index contributed by atoms with van der Waals surface area (Å²) in [6.45, 7) is 7.27. The van der Waals surface area contributed by atoms with Gasteiger partial charge in [-0.1, -0.05) is 17.7 Å². The summed E-state index contributed by atoms with van der Waals surface area (Å²) >= 11 is 0. The highest BCUT2D eigenvalue weighted by molar-refractivity contribution is 5.95. The average Bonchev–Trinajstić information content (AvgIpc) is 3.27. The van der Waals surface area contributed by atoms with Gasteiger partial charge in [-0.25, -0.2) is 0 Å². The second kappa shape index (κ2) is 6.90. The minimum Gasteiger partial charge on any atom is -0.486 e. The number of ether oxygens (including phenoxy) is 1. The van der Waals surface area contributed by atoms with Crippen molar-refractivity contribution in [3.8, 4) is 5.75 Å². The van der Waals surface area contributed by atoms with Crippen molar-refractivity contribution in [1.82, 2.24) is 19.7 Å². The van der Waals surface area contributed by atoms with E-state index in [1.807, 2.05) is 38.1 Å². The molecule has 1 aliphatic rings. The first-order chi connectivity index (χ1) is 13.0. The van der Waals surface area contributed by atoms with Gasteiger partial charge in [0, 0.05) is 6.54 Å². The number of rotatable bonds is 4. The van der Waals surface area contributed by atoms with Crippen LogP contribution in [0.5, 0.6) is 5.75 Å². The maximum Gasteiger partial charge on any atom is 0.258 e. The molecule has 140 valence electrons. The summed E-state index contributed by atoms with van der Waals surface area (Å²) in [5.74, 6) is 2.87. The van der Waals surface area contributed by atoms with Crippen LogP contribution < -0.4 is 4.74 Å². The lowest BCUT2D eigenvalue weighted by atomic mass is 10.1. The van der Waals surface area contributed by atoms with Crippen LogP contribution in [-0.4, -0.2) is 32.1 Å². The maximum absolute atomic E-state index is 13.1. The third-order valence-electron chi connectivity index (χ3n) is 4.85. The summed E-state index contributed by atoms with van der Waals surface area (Å²) in [5, 5.41) is 8.33. The van der Waals surface area contributed by atoms with E-state index in [1.54, 1.807) is 11.0 Å². The molecule has 0 aliphatic carbocycles. The molecule has 4 rings (SSSR count). The zero-order chi connectivity index (χ0) is 19.0. The SMILES string of the molecule is Cc1ccc(OCc2occc2C(=O)N2Cc3nnc(C)n3C(C)C2)cc1. The van der Waals surface area contributed by atoms with Crippen LogP contribution in [0.15, 0.2) is 41.0 Å². The molecule has 0 saturated carbocycles. The van der Waals surface area contributed by atoms with E-state index in [1.165, 1.54) is 11.8 Å². The van der Waals surface area contributed by atoms with Crippen LogP contribution in [0.3, 0.4) is 0 Å². The third-order valence-corrected chi connectivity index (χ3v) is 4.85. The van der Waals surface area contributed by atoms with E-state index in [4.69, 9.17) is 9.15 Å². The average molecular weight is 366 g/mol. The Balaban J connectivity index is 1.49. The van der Waals surface area contributed by atoms with Crippen molar-refractivity contribution in [3.63, 3.8) is 0 Å². The van der Waals surface area contributed by atoms with Gasteiger partial charge in [-0.2, -0.15) is 0 Å². The summed E-state index contributed by atoms with van der Waals surface area (Å²) in [7, 11) is 0. The van der Waals surface area contributed by atoms with Crippen molar-refractivity contribution >= 4 is 5.91 Å². The Morgan fingerprint density at radius 1 is 1.22 bits per heavy atom. The van der Waals surface area contributed by atoms with Crippen molar-refractivity contribution in [3.05, 3.63) is 65.1 Å². The molecule has 0 radical (unpaired) electrons. The fourth-order valence-corrected chi connectivity index (χ4v) is 3.48. The molecule has 1 amide bonds. The van der Waals surface area contributed by atoms with Gasteiger partial charge in [0.1, 0.15) is 18.2 Å². The smallest absolute Gasteiger partial charge is 0.258 e. The minimum atomic E-state index is -0.0787. The molecule has 1 atom stereocenters. The summed E-state index contributed by atoms with van der Waals surface area (Å²) in [5.41, 5.74) is 1.69. The van der Waals surface area contributed by atoms with Gasteiger partial charge in [-0.05, 0) is 39.0 Å². The Hall–Kier alpha value is -3.09. The summed E-state index contributed by atoms with van der Waals surface area (Å²) in [6.07, 6.45) is 1.53. The molecule has 7 heteroatoms. The molecule has 0 N–H and O–H groups in total. The van der Waals surface area contributed by atoms with Crippen LogP contribution in [0.2, 0.25) is 0 Å². The number of hydrogen-bond acceptors (Lipinski definition) is 5. The Morgan fingerprint density at radius 3 is 2.78 bits per heavy atom. The van der Waals surface area contributed by atoms with Crippen LogP contribution in [0.1, 0.15) is 46.3 Å². The molecule has 0 saturated heterocycles. The predicted molar refractivity (Wildman–Crippen MR) is 98.4 cm³/mol. The van der Waals surface area contributed by atoms with Gasteiger partial charge in [0.15, 0.2) is 11.6 Å². The molecule has 0 spiro atoms. The summed E-state index contributed by atoms with van der Waals surface area (Å²) in [6, 6.07) is 9.61. The summed E-state index contributed by atoms with van der Waals surface area (Å²) < 4.78 is 13.4. The predicted octanol–water partition coefficient (Wildman–Crippen LogP) is 3.28. The van der Waals surface area contributed by atoms with Gasteiger partial charge in [-0.3, -0.25) is 4.79 Å². The number of nitrogens with zero attached hydrogens (tertiary/aromatic N) is 4. The molecule has 7 nitrogen and oxygen atoms in total. The molecule has 1 unspecified atom stereocenters. The topological polar surface area (TPSA) is 73.4 Å². The summed E-state index contributed by atoms with van der Waals surface area (Å²) in [4.78, 5) is 14.8. The molecular weight excluding hydrogens is 344 g/mol. The van der Waals surface area contributed by atoms with E-state index in [-0.39, 0.29) is 18.6 Å². The minimum absolute atomic E-state index is 0.0787. The van der Waals surface area contributed by atoms with Crippen molar-refractivity contribution in [2.45, 2.75) is 40.0 Å². The number of hydrogen-bond donors (Lipinski definition) is 0. The highest BCUT2D eigenvalue weighted by atomic mass is 16.5. The monoisotopic (exact) mass is 366 g/mol. The molecule has 2 aromatic heterocycles. The zero-order valence-electron chi connectivity index (χ0n) is 15.7. The Morgan fingerprint density at radius 2 is 2.00 bits per heavy atom.